The van der Waals surface area contributed by atoms with Gasteiger partial charge in [0.05, 0.1) is 21.3 Å². The SMILES string of the molecule is C=C(I)c1cc(OC)c(OC)c(OC)c1. The molecular formula is C11H13IO3. The molecule has 0 fully saturated rings. The summed E-state index contributed by atoms with van der Waals surface area (Å²) < 4.78 is 16.6. The van der Waals surface area contributed by atoms with E-state index < -0.39 is 0 Å². The Labute approximate surface area is 103 Å². The number of ether oxygens (including phenoxy) is 3. The molecule has 0 saturated heterocycles. The number of hydrogen-bond acceptors (Lipinski definition) is 3. The van der Waals surface area contributed by atoms with Gasteiger partial charge in [-0.15, -0.1) is 0 Å². The van der Waals surface area contributed by atoms with E-state index in [0.717, 1.165) is 9.14 Å². The zero-order valence-electron chi connectivity index (χ0n) is 8.96. The first-order valence-electron chi connectivity index (χ1n) is 4.28. The van der Waals surface area contributed by atoms with Crippen LogP contribution in [-0.4, -0.2) is 21.3 Å². The van der Waals surface area contributed by atoms with Crippen molar-refractivity contribution in [2.45, 2.75) is 0 Å². The van der Waals surface area contributed by atoms with Crippen LogP contribution in [0, 0.1) is 0 Å². The average molecular weight is 320 g/mol. The van der Waals surface area contributed by atoms with Crippen LogP contribution in [0.3, 0.4) is 0 Å². The van der Waals surface area contributed by atoms with Crippen LogP contribution >= 0.6 is 22.6 Å². The molecule has 0 bridgehead atoms. The fourth-order valence-electron chi connectivity index (χ4n) is 1.24. The molecule has 1 rings (SSSR count). The maximum Gasteiger partial charge on any atom is 0.203 e. The van der Waals surface area contributed by atoms with E-state index >= 15 is 0 Å². The minimum Gasteiger partial charge on any atom is -0.493 e. The lowest BCUT2D eigenvalue weighted by atomic mass is 10.2. The molecule has 0 spiro atoms. The van der Waals surface area contributed by atoms with E-state index in [1.807, 2.05) is 12.1 Å². The summed E-state index contributed by atoms with van der Waals surface area (Å²) in [4.78, 5) is 0. The van der Waals surface area contributed by atoms with Gasteiger partial charge in [0, 0.05) is 3.58 Å². The molecule has 0 unspecified atom stereocenters. The zero-order valence-corrected chi connectivity index (χ0v) is 11.1. The smallest absolute Gasteiger partial charge is 0.203 e. The minimum absolute atomic E-state index is 0.599. The first-order valence-corrected chi connectivity index (χ1v) is 5.36. The van der Waals surface area contributed by atoms with Crippen LogP contribution in [0.2, 0.25) is 0 Å². The van der Waals surface area contributed by atoms with Crippen LogP contribution < -0.4 is 14.2 Å². The van der Waals surface area contributed by atoms with Gasteiger partial charge in [-0.1, -0.05) is 6.58 Å². The Hall–Kier alpha value is -0.910. The Morgan fingerprint density at radius 3 is 1.80 bits per heavy atom. The Kier molecular flexibility index (Phi) is 4.26. The molecule has 0 radical (unpaired) electrons. The third-order valence-corrected chi connectivity index (χ3v) is 2.60. The molecule has 15 heavy (non-hydrogen) atoms. The number of rotatable bonds is 4. The molecule has 0 aliphatic carbocycles. The third-order valence-electron chi connectivity index (χ3n) is 1.98. The number of halogens is 1. The summed E-state index contributed by atoms with van der Waals surface area (Å²) in [5, 5.41) is 0. The normalized spacial score (nSPS) is 9.60. The van der Waals surface area contributed by atoms with Crippen LogP contribution in [0.1, 0.15) is 5.56 Å². The van der Waals surface area contributed by atoms with Crippen molar-refractivity contribution in [2.24, 2.45) is 0 Å². The van der Waals surface area contributed by atoms with Crippen molar-refractivity contribution in [3.05, 3.63) is 24.3 Å². The predicted octanol–water partition coefficient (Wildman–Crippen LogP) is 3.12. The molecule has 0 heterocycles. The monoisotopic (exact) mass is 320 g/mol. The van der Waals surface area contributed by atoms with Crippen LogP contribution in [-0.2, 0) is 0 Å². The lowest BCUT2D eigenvalue weighted by Crippen LogP contribution is -1.95. The summed E-state index contributed by atoms with van der Waals surface area (Å²) in [6.45, 7) is 3.87. The number of hydrogen-bond donors (Lipinski definition) is 0. The highest BCUT2D eigenvalue weighted by Gasteiger charge is 2.13. The maximum atomic E-state index is 5.22. The van der Waals surface area contributed by atoms with Gasteiger partial charge < -0.3 is 14.2 Å². The van der Waals surface area contributed by atoms with Gasteiger partial charge in [-0.05, 0) is 40.3 Å². The minimum atomic E-state index is 0.599. The van der Waals surface area contributed by atoms with Crippen LogP contribution in [0.5, 0.6) is 17.2 Å². The summed E-state index contributed by atoms with van der Waals surface area (Å²) in [6.07, 6.45) is 0. The molecule has 1 aromatic rings. The van der Waals surface area contributed by atoms with Gasteiger partial charge in [-0.3, -0.25) is 0 Å². The van der Waals surface area contributed by atoms with E-state index in [4.69, 9.17) is 14.2 Å². The molecule has 4 heteroatoms. The van der Waals surface area contributed by atoms with E-state index in [2.05, 4.69) is 29.2 Å². The summed E-state index contributed by atoms with van der Waals surface area (Å²) >= 11 is 2.15. The lowest BCUT2D eigenvalue weighted by Gasteiger charge is -2.13. The molecule has 0 saturated carbocycles. The fraction of sp³-hybridized carbons (Fsp3) is 0.273. The van der Waals surface area contributed by atoms with Crippen molar-refractivity contribution >= 4 is 26.2 Å². The molecule has 0 N–H and O–H groups in total. The molecule has 0 aromatic heterocycles. The second-order valence-electron chi connectivity index (χ2n) is 2.82. The van der Waals surface area contributed by atoms with E-state index in [0.29, 0.717) is 17.2 Å². The first-order chi connectivity index (χ1) is 7.13. The van der Waals surface area contributed by atoms with Gasteiger partial charge in [0.25, 0.3) is 0 Å². The summed E-state index contributed by atoms with van der Waals surface area (Å²) in [5.41, 5.74) is 0.963. The molecular weight excluding hydrogens is 307 g/mol. The lowest BCUT2D eigenvalue weighted by molar-refractivity contribution is 0.324. The Bertz CT molecular complexity index is 349. The van der Waals surface area contributed by atoms with E-state index in [1.165, 1.54) is 0 Å². The number of methoxy groups -OCH3 is 3. The van der Waals surface area contributed by atoms with Crippen molar-refractivity contribution in [3.63, 3.8) is 0 Å². The standard InChI is InChI=1S/C11H13IO3/c1-7(12)8-5-9(13-2)11(15-4)10(6-8)14-3/h5-6H,1H2,2-4H3. The highest BCUT2D eigenvalue weighted by Crippen LogP contribution is 2.40. The summed E-state index contributed by atoms with van der Waals surface area (Å²) in [6, 6.07) is 3.74. The van der Waals surface area contributed by atoms with E-state index in [9.17, 15) is 0 Å². The predicted molar refractivity (Wildman–Crippen MR) is 69.2 cm³/mol. The second kappa shape index (κ2) is 5.25. The van der Waals surface area contributed by atoms with Gasteiger partial charge >= 0.3 is 0 Å². The average Bonchev–Trinajstić information content (AvgIpc) is 2.26. The first kappa shape index (κ1) is 12.2. The van der Waals surface area contributed by atoms with Gasteiger partial charge in [-0.2, -0.15) is 0 Å². The quantitative estimate of drug-likeness (QED) is 0.798. The molecule has 3 nitrogen and oxygen atoms in total. The summed E-state index contributed by atoms with van der Waals surface area (Å²) in [5.74, 6) is 1.88. The van der Waals surface area contributed by atoms with Crippen LogP contribution in [0.4, 0.5) is 0 Å². The third kappa shape index (κ3) is 2.56. The highest BCUT2D eigenvalue weighted by molar-refractivity contribution is 14.1. The molecule has 82 valence electrons. The van der Waals surface area contributed by atoms with Crippen LogP contribution in [0.15, 0.2) is 18.7 Å². The Balaban J connectivity index is 3.35. The van der Waals surface area contributed by atoms with Gasteiger partial charge in [0.15, 0.2) is 11.5 Å². The molecule has 0 atom stereocenters. The van der Waals surface area contributed by atoms with E-state index in [-0.39, 0.29) is 0 Å². The van der Waals surface area contributed by atoms with Gasteiger partial charge in [-0.25, -0.2) is 0 Å². The van der Waals surface area contributed by atoms with Crippen molar-refractivity contribution < 1.29 is 14.2 Å². The van der Waals surface area contributed by atoms with Gasteiger partial charge in [0.1, 0.15) is 0 Å². The van der Waals surface area contributed by atoms with E-state index in [1.54, 1.807) is 21.3 Å². The van der Waals surface area contributed by atoms with Crippen molar-refractivity contribution in [1.29, 1.82) is 0 Å². The Morgan fingerprint density at radius 2 is 1.53 bits per heavy atom. The number of benzene rings is 1. The maximum absolute atomic E-state index is 5.22. The fourth-order valence-corrected chi connectivity index (χ4v) is 1.55. The second-order valence-corrected chi connectivity index (χ2v) is 4.12. The van der Waals surface area contributed by atoms with Crippen LogP contribution in [0.25, 0.3) is 3.58 Å². The molecule has 0 aliphatic heterocycles. The van der Waals surface area contributed by atoms with Crippen molar-refractivity contribution in [3.8, 4) is 17.2 Å². The largest absolute Gasteiger partial charge is 0.493 e. The zero-order chi connectivity index (χ0) is 11.4. The molecule has 0 amide bonds. The Morgan fingerprint density at radius 1 is 1.07 bits per heavy atom. The van der Waals surface area contributed by atoms with Crippen molar-refractivity contribution in [2.75, 3.05) is 21.3 Å². The highest BCUT2D eigenvalue weighted by atomic mass is 127. The topological polar surface area (TPSA) is 27.7 Å². The summed E-state index contributed by atoms with van der Waals surface area (Å²) in [7, 11) is 4.77. The molecule has 1 aromatic carbocycles. The molecule has 0 aliphatic rings. The van der Waals surface area contributed by atoms with Gasteiger partial charge in [0.2, 0.25) is 5.75 Å². The van der Waals surface area contributed by atoms with Crippen molar-refractivity contribution in [1.82, 2.24) is 0 Å².